The summed E-state index contributed by atoms with van der Waals surface area (Å²) in [6.07, 6.45) is 3.25. The molecule has 0 radical (unpaired) electrons. The van der Waals surface area contributed by atoms with Crippen molar-refractivity contribution >= 4 is 26.8 Å². The zero-order valence-electron chi connectivity index (χ0n) is 22.2. The second kappa shape index (κ2) is 8.60. The molecule has 0 saturated heterocycles. The van der Waals surface area contributed by atoms with Gasteiger partial charge in [-0.05, 0) is 94.3 Å². The highest BCUT2D eigenvalue weighted by atomic mass is 28.4. The summed E-state index contributed by atoms with van der Waals surface area (Å²) < 4.78 is 6.93. The molecule has 2 aliphatic carbocycles. The summed E-state index contributed by atoms with van der Waals surface area (Å²) in [6.45, 7) is 11.9. The summed E-state index contributed by atoms with van der Waals surface area (Å²) in [7, 11) is -3.94. The fourth-order valence-electron chi connectivity index (χ4n) is 6.78. The van der Waals surface area contributed by atoms with Gasteiger partial charge in [-0.25, -0.2) is 0 Å². The van der Waals surface area contributed by atoms with Crippen molar-refractivity contribution in [1.29, 1.82) is 0 Å². The third kappa shape index (κ3) is 3.72. The smallest absolute Gasteiger partial charge is 0.242 e. The maximum Gasteiger partial charge on any atom is 0.242 e. The van der Waals surface area contributed by atoms with Gasteiger partial charge in [0.05, 0.1) is 0 Å². The van der Waals surface area contributed by atoms with Crippen molar-refractivity contribution in [3.05, 3.63) is 101 Å². The third-order valence-electron chi connectivity index (χ3n) is 8.11. The number of hydrogen-bond acceptors (Lipinski definition) is 1. The summed E-state index contributed by atoms with van der Waals surface area (Å²) in [5.41, 5.74) is 11.7. The zero-order chi connectivity index (χ0) is 25.1. The molecule has 182 valence electrons. The normalized spacial score (nSPS) is 15.0. The molecule has 0 saturated carbocycles. The number of benzene rings is 4. The molecule has 3 heteroatoms. The van der Waals surface area contributed by atoms with Crippen LogP contribution >= 0.6 is 0 Å². The predicted molar refractivity (Wildman–Crippen MR) is 159 cm³/mol. The molecule has 0 heterocycles. The highest BCUT2D eigenvalue weighted by Crippen LogP contribution is 2.41. The van der Waals surface area contributed by atoms with Gasteiger partial charge in [-0.15, -0.1) is 0 Å². The molecule has 4 aromatic rings. The molecule has 1 unspecified atom stereocenters. The minimum absolute atomic E-state index is 1.02. The molecule has 0 fully saturated rings. The number of fused-ring (bicyclic) bond motifs is 6. The van der Waals surface area contributed by atoms with E-state index < -0.39 is 16.4 Å². The monoisotopic (exact) mass is 504 g/mol. The van der Waals surface area contributed by atoms with E-state index in [2.05, 4.69) is 112 Å². The largest absolute Gasteiger partial charge is 0.544 e. The van der Waals surface area contributed by atoms with E-state index in [1.54, 1.807) is 15.9 Å². The zero-order valence-corrected chi connectivity index (χ0v) is 24.2. The maximum atomic E-state index is 6.93. The first-order chi connectivity index (χ1) is 17.3. The fourth-order valence-corrected chi connectivity index (χ4v) is 12.4. The van der Waals surface area contributed by atoms with E-state index in [4.69, 9.17) is 4.43 Å². The molecule has 1 atom stereocenters. The van der Waals surface area contributed by atoms with Crippen molar-refractivity contribution < 1.29 is 4.43 Å². The molecule has 0 aliphatic heterocycles. The van der Waals surface area contributed by atoms with Crippen LogP contribution in [0.5, 0.6) is 5.75 Å². The van der Waals surface area contributed by atoms with Crippen LogP contribution in [0.25, 0.3) is 22.3 Å². The number of rotatable bonds is 6. The van der Waals surface area contributed by atoms with Crippen LogP contribution in [0.15, 0.2) is 78.9 Å². The van der Waals surface area contributed by atoms with E-state index in [-0.39, 0.29) is 0 Å². The lowest BCUT2D eigenvalue weighted by molar-refractivity contribution is 0.561. The van der Waals surface area contributed by atoms with Gasteiger partial charge in [-0.2, -0.15) is 0 Å². The second-order valence-electron chi connectivity index (χ2n) is 11.8. The quantitative estimate of drug-likeness (QED) is 0.212. The predicted octanol–water partition coefficient (Wildman–Crippen LogP) is 7.65. The van der Waals surface area contributed by atoms with Crippen LogP contribution in [0.4, 0.5) is 0 Å². The molecular weight excluding hydrogens is 469 g/mol. The Balaban J connectivity index is 1.62. The molecule has 0 aromatic heterocycles. The summed E-state index contributed by atoms with van der Waals surface area (Å²) in [6, 6.07) is 31.0. The molecule has 6 rings (SSSR count). The van der Waals surface area contributed by atoms with Crippen LogP contribution in [-0.2, 0) is 12.8 Å². The Kier molecular flexibility index (Phi) is 5.62. The van der Waals surface area contributed by atoms with Gasteiger partial charge in [-0.3, -0.25) is 0 Å². The Labute approximate surface area is 218 Å². The van der Waals surface area contributed by atoms with E-state index in [9.17, 15) is 0 Å². The summed E-state index contributed by atoms with van der Waals surface area (Å²) in [4.78, 5) is 0. The third-order valence-corrected chi connectivity index (χ3v) is 13.8. The lowest BCUT2D eigenvalue weighted by Crippen LogP contribution is -2.58. The first kappa shape index (κ1) is 23.5. The summed E-state index contributed by atoms with van der Waals surface area (Å²) in [5, 5.41) is 3.17. The SMILES string of the molecule is CCC[Si](C)(c1cccc2c1Cc1ccccc1-2)c1c(O[Si](C)(C)C)ccc2c1Cc1ccccc1-2. The van der Waals surface area contributed by atoms with Crippen molar-refractivity contribution in [2.75, 3.05) is 0 Å². The minimum atomic E-state index is -2.14. The molecule has 1 nitrogen and oxygen atoms in total. The van der Waals surface area contributed by atoms with Gasteiger partial charge < -0.3 is 4.43 Å². The van der Waals surface area contributed by atoms with Crippen molar-refractivity contribution in [3.63, 3.8) is 0 Å². The molecule has 0 amide bonds. The van der Waals surface area contributed by atoms with Crippen LogP contribution in [0.2, 0.25) is 32.2 Å². The lowest BCUT2D eigenvalue weighted by atomic mass is 10.1. The van der Waals surface area contributed by atoms with Gasteiger partial charge in [0.15, 0.2) is 0 Å². The molecule has 0 spiro atoms. The van der Waals surface area contributed by atoms with Crippen molar-refractivity contribution in [2.24, 2.45) is 0 Å². The first-order valence-corrected chi connectivity index (χ1v) is 19.6. The Hall–Kier alpha value is -2.89. The van der Waals surface area contributed by atoms with E-state index in [1.165, 1.54) is 51.4 Å². The maximum absolute atomic E-state index is 6.93. The summed E-state index contributed by atoms with van der Waals surface area (Å²) >= 11 is 0. The standard InChI is InChI=1S/C33H36OSi2/c1-6-20-36(5,32-17-11-16-27-25-14-9-7-12-23(25)21-29(27)32)33-30-22-24-13-8-10-15-26(24)28(30)18-19-31(33)34-35(2,3)4/h7-19H,6,20-22H2,1-5H3. The number of hydrogen-bond donors (Lipinski definition) is 0. The van der Waals surface area contributed by atoms with Gasteiger partial charge >= 0.3 is 0 Å². The van der Waals surface area contributed by atoms with Crippen molar-refractivity contribution in [1.82, 2.24) is 0 Å². The Bertz CT molecular complexity index is 1480. The molecule has 36 heavy (non-hydrogen) atoms. The lowest BCUT2D eigenvalue weighted by Gasteiger charge is -2.35. The Morgan fingerprint density at radius 3 is 1.86 bits per heavy atom. The average Bonchev–Trinajstić information content (AvgIpc) is 3.41. The molecular formula is C33H36OSi2. The van der Waals surface area contributed by atoms with Gasteiger partial charge in [0.25, 0.3) is 0 Å². The van der Waals surface area contributed by atoms with E-state index in [1.807, 2.05) is 0 Å². The van der Waals surface area contributed by atoms with Gasteiger partial charge in [-0.1, -0.05) is 97.9 Å². The minimum Gasteiger partial charge on any atom is -0.544 e. The van der Waals surface area contributed by atoms with Gasteiger partial charge in [0.2, 0.25) is 8.32 Å². The summed E-state index contributed by atoms with van der Waals surface area (Å²) in [5.74, 6) is 1.16. The molecule has 4 aromatic carbocycles. The Morgan fingerprint density at radius 2 is 1.22 bits per heavy atom. The molecule has 0 bridgehead atoms. The van der Waals surface area contributed by atoms with Crippen molar-refractivity contribution in [2.45, 2.75) is 58.4 Å². The van der Waals surface area contributed by atoms with Crippen LogP contribution < -0.4 is 14.8 Å². The van der Waals surface area contributed by atoms with Crippen LogP contribution in [-0.4, -0.2) is 16.4 Å². The van der Waals surface area contributed by atoms with Crippen LogP contribution in [0.3, 0.4) is 0 Å². The molecule has 2 aliphatic rings. The molecule has 0 N–H and O–H groups in total. The van der Waals surface area contributed by atoms with E-state index >= 15 is 0 Å². The average molecular weight is 505 g/mol. The fraction of sp³-hybridized carbons (Fsp3) is 0.273. The highest BCUT2D eigenvalue weighted by Gasteiger charge is 2.41. The first-order valence-electron chi connectivity index (χ1n) is 13.4. The van der Waals surface area contributed by atoms with Crippen LogP contribution in [0.1, 0.15) is 35.6 Å². The topological polar surface area (TPSA) is 9.23 Å². The van der Waals surface area contributed by atoms with Gasteiger partial charge in [0.1, 0.15) is 13.8 Å². The van der Waals surface area contributed by atoms with Crippen LogP contribution in [0, 0.1) is 0 Å². The van der Waals surface area contributed by atoms with Gasteiger partial charge in [0, 0.05) is 0 Å². The van der Waals surface area contributed by atoms with E-state index in [0.29, 0.717) is 0 Å². The van der Waals surface area contributed by atoms with E-state index in [0.717, 1.165) is 18.6 Å². The van der Waals surface area contributed by atoms with Crippen molar-refractivity contribution in [3.8, 4) is 28.0 Å². The second-order valence-corrected chi connectivity index (χ2v) is 20.4. The Morgan fingerprint density at radius 1 is 0.639 bits per heavy atom. The highest BCUT2D eigenvalue weighted by molar-refractivity contribution is 7.02.